The van der Waals surface area contributed by atoms with Gasteiger partial charge in [0.2, 0.25) is 0 Å². The number of carbonyl (C=O) groups is 1. The van der Waals surface area contributed by atoms with Gasteiger partial charge in [-0.3, -0.25) is 14.0 Å². The zero-order chi connectivity index (χ0) is 17.3. The van der Waals surface area contributed by atoms with Gasteiger partial charge in [-0.15, -0.1) is 11.3 Å². The molecule has 0 spiro atoms. The highest BCUT2D eigenvalue weighted by atomic mass is 32.1. The zero-order valence-electron chi connectivity index (χ0n) is 13.9. The fourth-order valence-corrected chi connectivity index (χ4v) is 3.74. The molecular weight excluding hydrogens is 322 g/mol. The second-order valence-corrected chi connectivity index (χ2v) is 6.80. The maximum absolute atomic E-state index is 12.3. The second kappa shape index (κ2) is 6.57. The maximum atomic E-state index is 12.3. The van der Waals surface area contributed by atoms with Gasteiger partial charge in [-0.25, -0.2) is 4.98 Å². The van der Waals surface area contributed by atoms with E-state index in [1.807, 2.05) is 44.4 Å². The minimum Gasteiger partial charge on any atom is -0.352 e. The van der Waals surface area contributed by atoms with Gasteiger partial charge in [0.25, 0.3) is 11.5 Å². The van der Waals surface area contributed by atoms with Gasteiger partial charge in [0, 0.05) is 41.4 Å². The summed E-state index contributed by atoms with van der Waals surface area (Å²) in [6.45, 7) is 6.23. The largest absolute Gasteiger partial charge is 0.352 e. The van der Waals surface area contributed by atoms with Gasteiger partial charge in [-0.05, 0) is 32.9 Å². The molecule has 3 rings (SSSR count). The Labute approximate surface area is 144 Å². The number of hydrogen-bond acceptors (Lipinski definition) is 4. The average molecular weight is 341 g/mol. The van der Waals surface area contributed by atoms with E-state index < -0.39 is 0 Å². The maximum Gasteiger partial charge on any atom is 0.258 e. The number of amides is 1. The number of carbonyl (C=O) groups excluding carboxylic acids is 1. The van der Waals surface area contributed by atoms with Crippen LogP contribution in [-0.4, -0.2) is 21.8 Å². The van der Waals surface area contributed by atoms with Crippen LogP contribution in [0.15, 0.2) is 34.4 Å². The Morgan fingerprint density at radius 1 is 1.17 bits per heavy atom. The third kappa shape index (κ3) is 3.38. The Morgan fingerprint density at radius 3 is 2.58 bits per heavy atom. The molecule has 0 bridgehead atoms. The van der Waals surface area contributed by atoms with Crippen molar-refractivity contribution in [3.63, 3.8) is 0 Å². The van der Waals surface area contributed by atoms with E-state index in [0.717, 1.165) is 22.5 Å². The van der Waals surface area contributed by atoms with Gasteiger partial charge in [-0.2, -0.15) is 0 Å². The lowest BCUT2D eigenvalue weighted by molar-refractivity contribution is 0.0954. The van der Waals surface area contributed by atoms with Crippen LogP contribution >= 0.6 is 11.3 Å². The van der Waals surface area contributed by atoms with Crippen molar-refractivity contribution in [1.29, 1.82) is 0 Å². The Balaban J connectivity index is 1.71. The number of thiazole rings is 1. The molecule has 6 heteroatoms. The molecule has 1 aromatic carbocycles. The summed E-state index contributed by atoms with van der Waals surface area (Å²) in [6.07, 6.45) is 0.585. The van der Waals surface area contributed by atoms with Gasteiger partial charge in [0.15, 0.2) is 4.96 Å². The molecule has 2 aromatic heterocycles. The molecule has 0 radical (unpaired) electrons. The van der Waals surface area contributed by atoms with Crippen molar-refractivity contribution in [2.75, 3.05) is 6.54 Å². The highest BCUT2D eigenvalue weighted by molar-refractivity contribution is 7.15. The van der Waals surface area contributed by atoms with Crippen LogP contribution in [0.2, 0.25) is 0 Å². The van der Waals surface area contributed by atoms with Crippen molar-refractivity contribution in [3.05, 3.63) is 68.1 Å². The number of benzene rings is 1. The van der Waals surface area contributed by atoms with Crippen LogP contribution < -0.4 is 10.9 Å². The Morgan fingerprint density at radius 2 is 1.88 bits per heavy atom. The molecule has 0 aliphatic rings. The molecule has 2 heterocycles. The molecule has 5 nitrogen and oxygen atoms in total. The number of aromatic nitrogens is 2. The molecule has 0 aliphatic carbocycles. The van der Waals surface area contributed by atoms with Gasteiger partial charge in [-0.1, -0.05) is 17.2 Å². The number of aryl methyl sites for hydroxylation is 3. The number of nitrogens with one attached hydrogen (secondary N) is 1. The number of hydrogen-bond donors (Lipinski definition) is 1. The first-order chi connectivity index (χ1) is 11.4. The lowest BCUT2D eigenvalue weighted by atomic mass is 10.1. The fraction of sp³-hybridized carbons (Fsp3) is 0.278. The van der Waals surface area contributed by atoms with Crippen LogP contribution in [-0.2, 0) is 6.42 Å². The summed E-state index contributed by atoms with van der Waals surface area (Å²) in [6, 6.07) is 7.31. The molecule has 0 atom stereocenters. The minimum absolute atomic E-state index is 0.0746. The first-order valence-corrected chi connectivity index (χ1v) is 8.65. The Hall–Kier alpha value is -2.47. The molecule has 0 aliphatic heterocycles. The molecule has 0 unspecified atom stereocenters. The molecule has 124 valence electrons. The summed E-state index contributed by atoms with van der Waals surface area (Å²) in [5, 5.41) is 4.84. The molecule has 0 saturated heterocycles. The number of fused-ring (bicyclic) bond motifs is 1. The summed E-state index contributed by atoms with van der Waals surface area (Å²) >= 11 is 1.44. The van der Waals surface area contributed by atoms with Gasteiger partial charge in [0.05, 0.1) is 0 Å². The van der Waals surface area contributed by atoms with E-state index in [0.29, 0.717) is 23.5 Å². The second-order valence-electron chi connectivity index (χ2n) is 5.96. The molecule has 0 fully saturated rings. The van der Waals surface area contributed by atoms with Crippen molar-refractivity contribution in [2.24, 2.45) is 0 Å². The van der Waals surface area contributed by atoms with Crippen molar-refractivity contribution >= 4 is 22.2 Å². The van der Waals surface area contributed by atoms with Crippen molar-refractivity contribution < 1.29 is 4.79 Å². The fourth-order valence-electron chi connectivity index (χ4n) is 2.77. The van der Waals surface area contributed by atoms with E-state index >= 15 is 0 Å². The molecule has 1 amide bonds. The van der Waals surface area contributed by atoms with Crippen LogP contribution in [0.1, 0.15) is 32.9 Å². The number of rotatable bonds is 4. The Kier molecular flexibility index (Phi) is 4.49. The quantitative estimate of drug-likeness (QED) is 0.793. The third-order valence-electron chi connectivity index (χ3n) is 3.75. The van der Waals surface area contributed by atoms with Crippen LogP contribution in [0.25, 0.3) is 4.96 Å². The van der Waals surface area contributed by atoms with E-state index in [-0.39, 0.29) is 11.5 Å². The van der Waals surface area contributed by atoms with Crippen LogP contribution in [0.3, 0.4) is 0 Å². The zero-order valence-corrected chi connectivity index (χ0v) is 14.7. The Bertz CT molecular complexity index is 952. The van der Waals surface area contributed by atoms with Crippen LogP contribution in [0, 0.1) is 20.8 Å². The third-order valence-corrected chi connectivity index (χ3v) is 4.63. The smallest absolute Gasteiger partial charge is 0.258 e. The summed E-state index contributed by atoms with van der Waals surface area (Å²) < 4.78 is 1.61. The summed E-state index contributed by atoms with van der Waals surface area (Å²) in [5.41, 5.74) is 4.31. The van der Waals surface area contributed by atoms with Crippen LogP contribution in [0.4, 0.5) is 0 Å². The van der Waals surface area contributed by atoms with Crippen molar-refractivity contribution in [3.8, 4) is 0 Å². The lowest BCUT2D eigenvalue weighted by Gasteiger charge is -2.07. The van der Waals surface area contributed by atoms with Crippen molar-refractivity contribution in [2.45, 2.75) is 27.2 Å². The first kappa shape index (κ1) is 16.4. The van der Waals surface area contributed by atoms with Gasteiger partial charge < -0.3 is 5.32 Å². The summed E-state index contributed by atoms with van der Waals surface area (Å²) in [4.78, 5) is 29.4. The van der Waals surface area contributed by atoms with E-state index in [1.165, 1.54) is 17.4 Å². The SMILES string of the molecule is Cc1cc(C)cc(C(=O)NCCc2csc3nc(C)cc(=O)n23)c1. The van der Waals surface area contributed by atoms with E-state index in [4.69, 9.17) is 0 Å². The highest BCUT2D eigenvalue weighted by Gasteiger charge is 2.10. The first-order valence-electron chi connectivity index (χ1n) is 7.77. The molecule has 24 heavy (non-hydrogen) atoms. The van der Waals surface area contributed by atoms with Gasteiger partial charge in [0.1, 0.15) is 0 Å². The van der Waals surface area contributed by atoms with Crippen molar-refractivity contribution in [1.82, 2.24) is 14.7 Å². The molecular formula is C18H19N3O2S. The molecule has 0 saturated carbocycles. The topological polar surface area (TPSA) is 63.5 Å². The number of nitrogens with zero attached hydrogens (tertiary/aromatic N) is 2. The molecule has 1 N–H and O–H groups in total. The van der Waals surface area contributed by atoms with Gasteiger partial charge >= 0.3 is 0 Å². The summed E-state index contributed by atoms with van der Waals surface area (Å²) in [5.74, 6) is -0.0948. The van der Waals surface area contributed by atoms with E-state index in [1.54, 1.807) is 4.40 Å². The lowest BCUT2D eigenvalue weighted by Crippen LogP contribution is -2.27. The predicted octanol–water partition coefficient (Wildman–Crippen LogP) is 2.65. The highest BCUT2D eigenvalue weighted by Crippen LogP contribution is 2.13. The monoisotopic (exact) mass is 341 g/mol. The average Bonchev–Trinajstić information content (AvgIpc) is 2.89. The normalized spacial score (nSPS) is 11.0. The molecule has 3 aromatic rings. The minimum atomic E-state index is -0.0948. The van der Waals surface area contributed by atoms with E-state index in [2.05, 4.69) is 10.3 Å². The van der Waals surface area contributed by atoms with E-state index in [9.17, 15) is 9.59 Å². The predicted molar refractivity (Wildman–Crippen MR) is 96.0 cm³/mol. The van der Waals surface area contributed by atoms with Crippen LogP contribution in [0.5, 0.6) is 0 Å². The summed E-state index contributed by atoms with van der Waals surface area (Å²) in [7, 11) is 0. The standard InChI is InChI=1S/C18H19N3O2S/c1-11-6-12(2)8-14(7-11)17(23)19-5-4-15-10-24-18-20-13(3)9-16(22)21(15)18/h6-10H,4-5H2,1-3H3,(H,19,23).